The van der Waals surface area contributed by atoms with Crippen molar-refractivity contribution in [2.45, 2.75) is 19.1 Å². The number of methoxy groups -OCH3 is 1. The van der Waals surface area contributed by atoms with Gasteiger partial charge in [-0.25, -0.2) is 0 Å². The van der Waals surface area contributed by atoms with Crippen LogP contribution in [0.1, 0.15) is 27.0 Å². The van der Waals surface area contributed by atoms with E-state index < -0.39 is 23.3 Å². The minimum atomic E-state index is -4.67. The molecule has 1 amide bonds. The number of hydrogen-bond acceptors (Lipinski definition) is 5. The monoisotopic (exact) mass is 433 g/mol. The molecule has 1 unspecified atom stereocenters. The summed E-state index contributed by atoms with van der Waals surface area (Å²) in [5.41, 5.74) is 0.0214. The number of rotatable bonds is 4. The van der Waals surface area contributed by atoms with Crippen LogP contribution in [0.15, 0.2) is 36.4 Å². The van der Waals surface area contributed by atoms with E-state index in [1.54, 1.807) is 41.0 Å². The Balaban J connectivity index is 1.83. The number of anilines is 1. The molecule has 1 aliphatic rings. The van der Waals surface area contributed by atoms with E-state index in [1.165, 1.54) is 13.2 Å². The highest BCUT2D eigenvalue weighted by atomic mass is 19.4. The smallest absolute Gasteiger partial charge is 0.417 e. The molecule has 1 fully saturated rings. The number of ether oxygens (including phenoxy) is 1. The summed E-state index contributed by atoms with van der Waals surface area (Å²) in [6.07, 6.45) is -4.67. The van der Waals surface area contributed by atoms with E-state index >= 15 is 0 Å². The van der Waals surface area contributed by atoms with Crippen LogP contribution in [-0.2, 0) is 6.18 Å². The molecule has 0 saturated carbocycles. The van der Waals surface area contributed by atoms with Crippen molar-refractivity contribution < 1.29 is 27.8 Å². The maximum atomic E-state index is 13.3. The van der Waals surface area contributed by atoms with Crippen molar-refractivity contribution >= 4 is 11.6 Å². The molecule has 0 bridgehead atoms. The highest BCUT2D eigenvalue weighted by molar-refractivity contribution is 5.96. The molecule has 1 saturated heterocycles. The lowest BCUT2D eigenvalue weighted by Gasteiger charge is -2.42. The van der Waals surface area contributed by atoms with Crippen LogP contribution in [0.25, 0.3) is 0 Å². The van der Waals surface area contributed by atoms with Crippen molar-refractivity contribution in [2.75, 3.05) is 38.3 Å². The maximum absolute atomic E-state index is 13.3. The number of piperazine rings is 1. The second-order valence-electron chi connectivity index (χ2n) is 7.30. The third-order valence-electron chi connectivity index (χ3n) is 5.41. The number of carbonyl (C=O) groups is 1. The molecule has 31 heavy (non-hydrogen) atoms. The van der Waals surface area contributed by atoms with Gasteiger partial charge in [0.2, 0.25) is 0 Å². The van der Waals surface area contributed by atoms with Crippen molar-refractivity contribution in [3.05, 3.63) is 58.7 Å². The van der Waals surface area contributed by atoms with Gasteiger partial charge < -0.3 is 19.6 Å². The Kier molecular flexibility index (Phi) is 6.41. The van der Waals surface area contributed by atoms with E-state index in [1.807, 2.05) is 0 Å². The van der Waals surface area contributed by atoms with Crippen LogP contribution in [0, 0.1) is 18.3 Å². The number of nitrogens with zero attached hydrogens (tertiary/aromatic N) is 3. The molecule has 0 spiro atoms. The molecule has 164 valence electrons. The number of amides is 1. The molecule has 1 heterocycles. The Hall–Kier alpha value is -3.25. The summed E-state index contributed by atoms with van der Waals surface area (Å²) in [6.45, 7) is 2.14. The fourth-order valence-electron chi connectivity index (χ4n) is 3.75. The minimum Gasteiger partial charge on any atom is -0.497 e. The van der Waals surface area contributed by atoms with E-state index in [2.05, 4.69) is 0 Å². The summed E-state index contributed by atoms with van der Waals surface area (Å²) in [6, 6.07) is 9.58. The molecule has 1 atom stereocenters. The molecule has 0 radical (unpaired) electrons. The number of benzene rings is 2. The van der Waals surface area contributed by atoms with Gasteiger partial charge in [-0.3, -0.25) is 4.79 Å². The second-order valence-corrected chi connectivity index (χ2v) is 7.30. The fourth-order valence-corrected chi connectivity index (χ4v) is 3.75. The Morgan fingerprint density at radius 2 is 2.00 bits per heavy atom. The first-order valence-electron chi connectivity index (χ1n) is 9.62. The molecular formula is C22H22F3N3O3. The molecule has 3 rings (SSSR count). The van der Waals surface area contributed by atoms with Crippen LogP contribution in [-0.4, -0.2) is 55.3 Å². The van der Waals surface area contributed by atoms with Gasteiger partial charge in [0.05, 0.1) is 37.0 Å². The fraction of sp³-hybridized carbons (Fsp3) is 0.364. The van der Waals surface area contributed by atoms with Gasteiger partial charge in [-0.15, -0.1) is 0 Å². The molecular weight excluding hydrogens is 411 g/mol. The van der Waals surface area contributed by atoms with Crippen LogP contribution in [0.2, 0.25) is 0 Å². The predicted octanol–water partition coefficient (Wildman–Crippen LogP) is 3.22. The summed E-state index contributed by atoms with van der Waals surface area (Å²) < 4.78 is 45.1. The average Bonchev–Trinajstić information content (AvgIpc) is 2.77. The topological polar surface area (TPSA) is 76.8 Å². The van der Waals surface area contributed by atoms with Gasteiger partial charge in [-0.1, -0.05) is 0 Å². The van der Waals surface area contributed by atoms with Gasteiger partial charge in [0.25, 0.3) is 5.91 Å². The number of carbonyl (C=O) groups excluding carboxylic acids is 1. The molecule has 0 aliphatic carbocycles. The second kappa shape index (κ2) is 8.86. The number of nitriles is 1. The van der Waals surface area contributed by atoms with E-state index in [0.29, 0.717) is 11.3 Å². The average molecular weight is 433 g/mol. The zero-order valence-corrected chi connectivity index (χ0v) is 17.1. The lowest BCUT2D eigenvalue weighted by Crippen LogP contribution is -2.56. The normalized spacial score (nSPS) is 16.7. The summed E-state index contributed by atoms with van der Waals surface area (Å²) in [7, 11) is 1.54. The minimum absolute atomic E-state index is 0.155. The van der Waals surface area contributed by atoms with Crippen molar-refractivity contribution in [3.8, 4) is 11.8 Å². The lowest BCUT2D eigenvalue weighted by molar-refractivity contribution is -0.137. The van der Waals surface area contributed by atoms with E-state index in [-0.39, 0.29) is 37.8 Å². The van der Waals surface area contributed by atoms with Crippen molar-refractivity contribution in [2.24, 2.45) is 0 Å². The van der Waals surface area contributed by atoms with Gasteiger partial charge in [-0.2, -0.15) is 18.4 Å². The van der Waals surface area contributed by atoms with E-state index in [4.69, 9.17) is 10.00 Å². The number of halogens is 3. The standard InChI is InChI=1S/C22H22F3N3O3/c1-14-9-18(31-2)5-6-19(14)21(30)27-7-8-28(17(12-27)13-29)16-4-3-15(11-26)20(10-16)22(23,24)25/h3-6,9-10,17,29H,7-8,12-13H2,1-2H3. The SMILES string of the molecule is COc1ccc(C(=O)N2CCN(c3ccc(C#N)c(C(F)(F)F)c3)C(CO)C2)c(C)c1. The Labute approximate surface area is 178 Å². The van der Waals surface area contributed by atoms with Gasteiger partial charge in [0.15, 0.2) is 0 Å². The first-order chi connectivity index (χ1) is 14.7. The van der Waals surface area contributed by atoms with Crippen molar-refractivity contribution in [1.82, 2.24) is 4.90 Å². The number of alkyl halides is 3. The Morgan fingerprint density at radius 1 is 1.26 bits per heavy atom. The summed E-state index contributed by atoms with van der Waals surface area (Å²) in [4.78, 5) is 16.2. The zero-order chi connectivity index (χ0) is 22.8. The third kappa shape index (κ3) is 4.59. The molecule has 9 heteroatoms. The zero-order valence-electron chi connectivity index (χ0n) is 17.1. The predicted molar refractivity (Wildman–Crippen MR) is 108 cm³/mol. The van der Waals surface area contributed by atoms with Crippen LogP contribution in [0.4, 0.5) is 18.9 Å². The van der Waals surface area contributed by atoms with Gasteiger partial charge in [0.1, 0.15) is 5.75 Å². The quantitative estimate of drug-likeness (QED) is 0.801. The largest absolute Gasteiger partial charge is 0.497 e. The maximum Gasteiger partial charge on any atom is 0.417 e. The van der Waals surface area contributed by atoms with Gasteiger partial charge >= 0.3 is 6.18 Å². The number of hydrogen-bond donors (Lipinski definition) is 1. The number of aliphatic hydroxyl groups excluding tert-OH is 1. The highest BCUT2D eigenvalue weighted by Gasteiger charge is 2.36. The molecule has 6 nitrogen and oxygen atoms in total. The molecule has 0 aromatic heterocycles. The van der Waals surface area contributed by atoms with Crippen LogP contribution >= 0.6 is 0 Å². The van der Waals surface area contributed by atoms with Gasteiger partial charge in [-0.05, 0) is 48.9 Å². The van der Waals surface area contributed by atoms with Crippen LogP contribution in [0.5, 0.6) is 5.75 Å². The first-order valence-corrected chi connectivity index (χ1v) is 9.62. The highest BCUT2D eigenvalue weighted by Crippen LogP contribution is 2.35. The molecule has 1 aliphatic heterocycles. The Morgan fingerprint density at radius 3 is 2.58 bits per heavy atom. The van der Waals surface area contributed by atoms with E-state index in [9.17, 15) is 23.1 Å². The van der Waals surface area contributed by atoms with Crippen LogP contribution < -0.4 is 9.64 Å². The number of aliphatic hydroxyl groups is 1. The summed E-state index contributed by atoms with van der Waals surface area (Å²) >= 11 is 0. The molecule has 1 N–H and O–H groups in total. The summed E-state index contributed by atoms with van der Waals surface area (Å²) in [5, 5.41) is 18.9. The summed E-state index contributed by atoms with van der Waals surface area (Å²) in [5.74, 6) is 0.419. The molecule has 2 aromatic rings. The molecule has 2 aromatic carbocycles. The number of aryl methyl sites for hydroxylation is 1. The Bertz CT molecular complexity index is 1020. The van der Waals surface area contributed by atoms with Gasteiger partial charge in [0, 0.05) is 30.9 Å². The van der Waals surface area contributed by atoms with E-state index in [0.717, 1.165) is 17.7 Å². The van der Waals surface area contributed by atoms with Crippen molar-refractivity contribution in [1.29, 1.82) is 5.26 Å². The van der Waals surface area contributed by atoms with Crippen LogP contribution in [0.3, 0.4) is 0 Å². The first kappa shape index (κ1) is 22.4. The van der Waals surface area contributed by atoms with Crippen molar-refractivity contribution in [3.63, 3.8) is 0 Å². The lowest BCUT2D eigenvalue weighted by atomic mass is 10.0. The third-order valence-corrected chi connectivity index (χ3v) is 5.41.